The Labute approximate surface area is 112 Å². The Morgan fingerprint density at radius 1 is 1.47 bits per heavy atom. The molecule has 1 unspecified atom stereocenters. The van der Waals surface area contributed by atoms with E-state index >= 15 is 0 Å². The summed E-state index contributed by atoms with van der Waals surface area (Å²) in [4.78, 5) is 11.7. The molecule has 2 aromatic rings. The summed E-state index contributed by atoms with van der Waals surface area (Å²) in [5, 5.41) is 7.15. The van der Waals surface area contributed by atoms with Crippen LogP contribution in [0.4, 0.5) is 0 Å². The topological polar surface area (TPSA) is 60.1 Å². The Kier molecular flexibility index (Phi) is 4.39. The van der Waals surface area contributed by atoms with E-state index in [0.29, 0.717) is 18.9 Å². The van der Waals surface area contributed by atoms with E-state index < -0.39 is 0 Å². The van der Waals surface area contributed by atoms with Crippen LogP contribution in [0, 0.1) is 5.92 Å². The quantitative estimate of drug-likeness (QED) is 0.867. The van der Waals surface area contributed by atoms with Gasteiger partial charge in [-0.2, -0.15) is 5.10 Å². The van der Waals surface area contributed by atoms with Gasteiger partial charge in [0.15, 0.2) is 0 Å². The van der Waals surface area contributed by atoms with Gasteiger partial charge in [0, 0.05) is 25.4 Å². The Morgan fingerprint density at radius 2 is 2.32 bits per heavy atom. The van der Waals surface area contributed by atoms with Crippen molar-refractivity contribution >= 4 is 5.91 Å². The van der Waals surface area contributed by atoms with Crippen molar-refractivity contribution < 1.29 is 9.21 Å². The summed E-state index contributed by atoms with van der Waals surface area (Å²) < 4.78 is 7.21. The molecule has 5 heteroatoms. The fourth-order valence-corrected chi connectivity index (χ4v) is 1.92. The van der Waals surface area contributed by atoms with Crippen molar-refractivity contribution in [3.63, 3.8) is 0 Å². The second-order valence-electron chi connectivity index (χ2n) is 4.92. The molecular formula is C14H19N3O2. The molecule has 5 nitrogen and oxygen atoms in total. The van der Waals surface area contributed by atoms with Crippen molar-refractivity contribution in [3.8, 4) is 0 Å². The van der Waals surface area contributed by atoms with Gasteiger partial charge in [-0.25, -0.2) is 0 Å². The number of rotatable bonds is 6. The molecule has 2 aromatic heterocycles. The van der Waals surface area contributed by atoms with Crippen LogP contribution >= 0.6 is 0 Å². The smallest absolute Gasteiger partial charge is 0.220 e. The van der Waals surface area contributed by atoms with Crippen molar-refractivity contribution in [2.45, 2.75) is 26.3 Å². The largest absolute Gasteiger partial charge is 0.467 e. The number of aromatic nitrogens is 2. The number of carbonyl (C=O) groups is 1. The van der Waals surface area contributed by atoms with Gasteiger partial charge in [-0.1, -0.05) is 13.8 Å². The standard InChI is InChI=1S/C14H19N3O2/c1-11(2)9-14(18)15-10-12(13-5-3-8-19-13)17-7-4-6-16-17/h3-8,11-12H,9-10H2,1-2H3,(H,15,18). The van der Waals surface area contributed by atoms with Gasteiger partial charge in [0.05, 0.1) is 6.26 Å². The molecule has 0 fully saturated rings. The summed E-state index contributed by atoms with van der Waals surface area (Å²) in [5.74, 6) is 1.19. The Hall–Kier alpha value is -2.04. The number of hydrogen-bond acceptors (Lipinski definition) is 3. The molecule has 2 heterocycles. The lowest BCUT2D eigenvalue weighted by Gasteiger charge is -2.16. The molecule has 1 atom stereocenters. The van der Waals surface area contributed by atoms with Crippen molar-refractivity contribution in [1.82, 2.24) is 15.1 Å². The molecule has 0 radical (unpaired) electrons. The number of hydrogen-bond donors (Lipinski definition) is 1. The maximum atomic E-state index is 11.7. The summed E-state index contributed by atoms with van der Waals surface area (Å²) in [7, 11) is 0. The van der Waals surface area contributed by atoms with E-state index in [1.165, 1.54) is 0 Å². The summed E-state index contributed by atoms with van der Waals surface area (Å²) in [6.45, 7) is 4.52. The molecule has 0 bridgehead atoms. The van der Waals surface area contributed by atoms with E-state index in [1.54, 1.807) is 17.1 Å². The van der Waals surface area contributed by atoms with Gasteiger partial charge in [-0.3, -0.25) is 9.48 Å². The third kappa shape index (κ3) is 3.71. The van der Waals surface area contributed by atoms with E-state index in [0.717, 1.165) is 5.76 Å². The molecule has 0 aliphatic rings. The monoisotopic (exact) mass is 261 g/mol. The molecule has 102 valence electrons. The van der Waals surface area contributed by atoms with Crippen LogP contribution in [0.5, 0.6) is 0 Å². The first-order valence-electron chi connectivity index (χ1n) is 6.46. The molecule has 0 aliphatic heterocycles. The van der Waals surface area contributed by atoms with Gasteiger partial charge in [0.1, 0.15) is 11.8 Å². The minimum atomic E-state index is -0.110. The highest BCUT2D eigenvalue weighted by atomic mass is 16.3. The van der Waals surface area contributed by atoms with E-state index in [1.807, 2.05) is 38.2 Å². The fraction of sp³-hybridized carbons (Fsp3) is 0.429. The lowest BCUT2D eigenvalue weighted by Crippen LogP contribution is -2.32. The van der Waals surface area contributed by atoms with Crippen LogP contribution in [0.2, 0.25) is 0 Å². The van der Waals surface area contributed by atoms with Gasteiger partial charge >= 0.3 is 0 Å². The third-order valence-electron chi connectivity index (χ3n) is 2.80. The lowest BCUT2D eigenvalue weighted by molar-refractivity contribution is -0.121. The van der Waals surface area contributed by atoms with Gasteiger partial charge in [0.2, 0.25) is 5.91 Å². The second kappa shape index (κ2) is 6.22. The Bertz CT molecular complexity index is 455. The highest BCUT2D eigenvalue weighted by Crippen LogP contribution is 2.17. The van der Waals surface area contributed by atoms with E-state index in [2.05, 4.69) is 10.4 Å². The van der Waals surface area contributed by atoms with Gasteiger partial charge < -0.3 is 9.73 Å². The molecule has 0 aromatic carbocycles. The van der Waals surface area contributed by atoms with Crippen LogP contribution < -0.4 is 5.32 Å². The van der Waals surface area contributed by atoms with Crippen LogP contribution in [0.25, 0.3) is 0 Å². The van der Waals surface area contributed by atoms with Crippen LogP contribution in [-0.4, -0.2) is 22.2 Å². The molecule has 0 saturated carbocycles. The zero-order valence-corrected chi connectivity index (χ0v) is 11.2. The normalized spacial score (nSPS) is 12.6. The van der Waals surface area contributed by atoms with Gasteiger partial charge in [-0.05, 0) is 24.1 Å². The second-order valence-corrected chi connectivity index (χ2v) is 4.92. The average Bonchev–Trinajstić information content (AvgIpc) is 3.00. The van der Waals surface area contributed by atoms with Gasteiger partial charge in [0.25, 0.3) is 0 Å². The number of carbonyl (C=O) groups excluding carboxylic acids is 1. The van der Waals surface area contributed by atoms with E-state index in [9.17, 15) is 4.79 Å². The van der Waals surface area contributed by atoms with Crippen molar-refractivity contribution in [2.75, 3.05) is 6.54 Å². The minimum absolute atomic E-state index is 0.0544. The first-order chi connectivity index (χ1) is 9.16. The van der Waals surface area contributed by atoms with Crippen molar-refractivity contribution in [3.05, 3.63) is 42.6 Å². The Balaban J connectivity index is 2.02. The predicted molar refractivity (Wildman–Crippen MR) is 71.5 cm³/mol. The zero-order valence-electron chi connectivity index (χ0n) is 11.2. The number of amides is 1. The molecule has 1 N–H and O–H groups in total. The van der Waals surface area contributed by atoms with E-state index in [-0.39, 0.29) is 11.9 Å². The molecular weight excluding hydrogens is 242 g/mol. The zero-order chi connectivity index (χ0) is 13.7. The molecule has 0 saturated heterocycles. The lowest BCUT2D eigenvalue weighted by atomic mass is 10.1. The van der Waals surface area contributed by atoms with Gasteiger partial charge in [-0.15, -0.1) is 0 Å². The number of furan rings is 1. The first kappa shape index (κ1) is 13.4. The fourth-order valence-electron chi connectivity index (χ4n) is 1.92. The molecule has 0 spiro atoms. The first-order valence-corrected chi connectivity index (χ1v) is 6.46. The molecule has 2 rings (SSSR count). The van der Waals surface area contributed by atoms with Crippen molar-refractivity contribution in [2.24, 2.45) is 5.92 Å². The number of nitrogens with zero attached hydrogens (tertiary/aromatic N) is 2. The molecule has 1 amide bonds. The summed E-state index contributed by atoms with van der Waals surface area (Å²) in [5.41, 5.74) is 0. The Morgan fingerprint density at radius 3 is 2.89 bits per heavy atom. The number of nitrogens with one attached hydrogen (secondary N) is 1. The summed E-state index contributed by atoms with van der Waals surface area (Å²) >= 11 is 0. The summed E-state index contributed by atoms with van der Waals surface area (Å²) in [6.07, 6.45) is 5.74. The third-order valence-corrected chi connectivity index (χ3v) is 2.80. The SMILES string of the molecule is CC(C)CC(=O)NCC(c1ccco1)n1cccn1. The maximum absolute atomic E-state index is 11.7. The molecule has 19 heavy (non-hydrogen) atoms. The highest BCUT2D eigenvalue weighted by Gasteiger charge is 2.18. The summed E-state index contributed by atoms with van der Waals surface area (Å²) in [6, 6.07) is 5.47. The van der Waals surface area contributed by atoms with Crippen LogP contribution in [-0.2, 0) is 4.79 Å². The molecule has 0 aliphatic carbocycles. The highest BCUT2D eigenvalue weighted by molar-refractivity contribution is 5.76. The van der Waals surface area contributed by atoms with Crippen LogP contribution in [0.1, 0.15) is 32.1 Å². The van der Waals surface area contributed by atoms with Crippen molar-refractivity contribution in [1.29, 1.82) is 0 Å². The van der Waals surface area contributed by atoms with Crippen LogP contribution in [0.3, 0.4) is 0 Å². The predicted octanol–water partition coefficient (Wildman–Crippen LogP) is 2.23. The average molecular weight is 261 g/mol. The van der Waals surface area contributed by atoms with Crippen LogP contribution in [0.15, 0.2) is 41.3 Å². The van der Waals surface area contributed by atoms with E-state index in [4.69, 9.17) is 4.42 Å². The maximum Gasteiger partial charge on any atom is 0.220 e. The minimum Gasteiger partial charge on any atom is -0.467 e.